The summed E-state index contributed by atoms with van der Waals surface area (Å²) in [5.74, 6) is 0.209. The van der Waals surface area contributed by atoms with Gasteiger partial charge in [-0.3, -0.25) is 9.10 Å². The van der Waals surface area contributed by atoms with E-state index in [-0.39, 0.29) is 13.1 Å². The van der Waals surface area contributed by atoms with Gasteiger partial charge in [0.25, 0.3) is 0 Å². The van der Waals surface area contributed by atoms with Crippen molar-refractivity contribution in [2.45, 2.75) is 6.54 Å². The Morgan fingerprint density at radius 2 is 1.91 bits per heavy atom. The molecule has 3 rings (SSSR count). The molecule has 2 aromatic rings. The lowest BCUT2D eigenvalue weighted by Gasteiger charge is -2.18. The van der Waals surface area contributed by atoms with Crippen LogP contribution in [0.5, 0.6) is 0 Å². The van der Waals surface area contributed by atoms with E-state index in [0.717, 1.165) is 4.31 Å². The molecule has 0 bridgehead atoms. The number of furan rings is 1. The van der Waals surface area contributed by atoms with Gasteiger partial charge in [0.05, 0.1) is 24.2 Å². The zero-order chi connectivity index (χ0) is 15.7. The quantitative estimate of drug-likeness (QED) is 0.914. The molecule has 1 amide bonds. The van der Waals surface area contributed by atoms with Crippen LogP contribution < -0.4 is 13.9 Å². The monoisotopic (exact) mass is 321 g/mol. The van der Waals surface area contributed by atoms with Crippen molar-refractivity contribution in [3.8, 4) is 0 Å². The van der Waals surface area contributed by atoms with Gasteiger partial charge in [-0.05, 0) is 24.3 Å². The third-order valence-electron chi connectivity index (χ3n) is 3.44. The van der Waals surface area contributed by atoms with Crippen LogP contribution in [0.15, 0.2) is 47.1 Å². The third kappa shape index (κ3) is 2.41. The first-order valence-electron chi connectivity index (χ1n) is 6.65. The molecule has 1 aliphatic rings. The Kier molecular flexibility index (Phi) is 3.53. The summed E-state index contributed by atoms with van der Waals surface area (Å²) >= 11 is 0. The maximum absolute atomic E-state index is 12.4. The van der Waals surface area contributed by atoms with Crippen molar-refractivity contribution in [2.75, 3.05) is 22.2 Å². The van der Waals surface area contributed by atoms with Crippen molar-refractivity contribution in [1.82, 2.24) is 5.32 Å². The van der Waals surface area contributed by atoms with Crippen LogP contribution in [-0.4, -0.2) is 27.9 Å². The number of anilines is 2. The molecule has 0 radical (unpaired) electrons. The minimum absolute atomic E-state index is 0.219. The van der Waals surface area contributed by atoms with Crippen molar-refractivity contribution in [3.63, 3.8) is 0 Å². The van der Waals surface area contributed by atoms with E-state index in [1.54, 1.807) is 36.4 Å². The minimum Gasteiger partial charge on any atom is -0.467 e. The lowest BCUT2D eigenvalue weighted by atomic mass is 10.2. The van der Waals surface area contributed by atoms with Crippen LogP contribution in [0.25, 0.3) is 0 Å². The molecule has 1 aromatic heterocycles. The number of nitrogens with one attached hydrogen (secondary N) is 1. The summed E-state index contributed by atoms with van der Waals surface area (Å²) < 4.78 is 32.1. The highest BCUT2D eigenvalue weighted by Crippen LogP contribution is 2.39. The number of para-hydroxylation sites is 2. The number of carbonyl (C=O) groups excluding carboxylic acids is 1. The van der Waals surface area contributed by atoms with Gasteiger partial charge in [-0.2, -0.15) is 8.42 Å². The predicted molar refractivity (Wildman–Crippen MR) is 81.7 cm³/mol. The number of rotatable bonds is 4. The second kappa shape index (κ2) is 5.38. The van der Waals surface area contributed by atoms with Crippen LogP contribution in [0.2, 0.25) is 0 Å². The largest absolute Gasteiger partial charge is 0.467 e. The van der Waals surface area contributed by atoms with E-state index >= 15 is 0 Å². The van der Waals surface area contributed by atoms with Gasteiger partial charge < -0.3 is 9.73 Å². The number of carbonyl (C=O) groups is 1. The average molecular weight is 321 g/mol. The predicted octanol–water partition coefficient (Wildman–Crippen LogP) is 1.10. The molecule has 0 aliphatic carbocycles. The molecule has 22 heavy (non-hydrogen) atoms. The van der Waals surface area contributed by atoms with E-state index in [9.17, 15) is 13.2 Å². The smallest absolute Gasteiger partial charge is 0.326 e. The van der Waals surface area contributed by atoms with Crippen LogP contribution >= 0.6 is 0 Å². The van der Waals surface area contributed by atoms with Crippen LogP contribution in [0.1, 0.15) is 5.76 Å². The summed E-state index contributed by atoms with van der Waals surface area (Å²) in [7, 11) is -2.24. The Labute approximate surface area is 128 Å². The molecule has 8 heteroatoms. The maximum atomic E-state index is 12.4. The van der Waals surface area contributed by atoms with Crippen molar-refractivity contribution in [3.05, 3.63) is 48.4 Å². The summed E-state index contributed by atoms with van der Waals surface area (Å²) in [6.07, 6.45) is 1.51. The van der Waals surface area contributed by atoms with Crippen LogP contribution in [0.3, 0.4) is 0 Å². The Hall–Kier alpha value is -2.48. The van der Waals surface area contributed by atoms with Crippen LogP contribution in [-0.2, 0) is 21.5 Å². The van der Waals surface area contributed by atoms with E-state index < -0.39 is 16.1 Å². The Balaban J connectivity index is 1.75. The van der Waals surface area contributed by atoms with Gasteiger partial charge in [-0.25, -0.2) is 4.31 Å². The summed E-state index contributed by atoms with van der Waals surface area (Å²) in [6.45, 7) is -0.0540. The van der Waals surface area contributed by atoms with Crippen molar-refractivity contribution in [1.29, 1.82) is 0 Å². The summed E-state index contributed by atoms with van der Waals surface area (Å²) in [4.78, 5) is 12.0. The molecule has 0 fully saturated rings. The SMILES string of the molecule is CN1c2ccccc2N(CC(=O)NCc2ccco2)S1(=O)=O. The van der Waals surface area contributed by atoms with Gasteiger partial charge in [0.1, 0.15) is 12.3 Å². The molecule has 7 nitrogen and oxygen atoms in total. The van der Waals surface area contributed by atoms with Gasteiger partial charge in [0, 0.05) is 7.05 Å². The fourth-order valence-electron chi connectivity index (χ4n) is 2.29. The fraction of sp³-hybridized carbons (Fsp3) is 0.214. The Morgan fingerprint density at radius 3 is 2.59 bits per heavy atom. The third-order valence-corrected chi connectivity index (χ3v) is 5.21. The molecule has 1 aromatic carbocycles. The highest BCUT2D eigenvalue weighted by molar-refractivity contribution is 7.94. The van der Waals surface area contributed by atoms with E-state index in [1.165, 1.54) is 17.6 Å². The zero-order valence-corrected chi connectivity index (χ0v) is 12.7. The lowest BCUT2D eigenvalue weighted by molar-refractivity contribution is -0.119. The second-order valence-corrected chi connectivity index (χ2v) is 6.71. The normalized spacial score (nSPS) is 15.7. The van der Waals surface area contributed by atoms with Crippen molar-refractivity contribution < 1.29 is 17.6 Å². The number of nitrogens with zero attached hydrogens (tertiary/aromatic N) is 2. The highest BCUT2D eigenvalue weighted by Gasteiger charge is 2.38. The van der Waals surface area contributed by atoms with Crippen molar-refractivity contribution in [2.24, 2.45) is 0 Å². The molecule has 0 saturated heterocycles. The topological polar surface area (TPSA) is 82.9 Å². The first-order valence-corrected chi connectivity index (χ1v) is 8.04. The van der Waals surface area contributed by atoms with E-state index in [2.05, 4.69) is 5.32 Å². The minimum atomic E-state index is -3.71. The lowest BCUT2D eigenvalue weighted by Crippen LogP contribution is -2.42. The number of amides is 1. The Bertz CT molecular complexity index is 786. The van der Waals surface area contributed by atoms with Crippen LogP contribution in [0.4, 0.5) is 11.4 Å². The summed E-state index contributed by atoms with van der Waals surface area (Å²) in [5, 5.41) is 2.64. The van der Waals surface area contributed by atoms with E-state index in [1.807, 2.05) is 0 Å². The molecule has 0 unspecified atom stereocenters. The van der Waals surface area contributed by atoms with Gasteiger partial charge in [-0.1, -0.05) is 12.1 Å². The van der Waals surface area contributed by atoms with Crippen molar-refractivity contribution >= 4 is 27.5 Å². The molecule has 1 N–H and O–H groups in total. The standard InChI is InChI=1S/C14H15N3O4S/c1-16-12-6-2-3-7-13(12)17(22(16,19)20)10-14(18)15-9-11-5-4-8-21-11/h2-8H,9-10H2,1H3,(H,15,18). The van der Waals surface area contributed by atoms with Gasteiger partial charge in [-0.15, -0.1) is 0 Å². The van der Waals surface area contributed by atoms with Crippen LogP contribution in [0, 0.1) is 0 Å². The number of hydrogen-bond acceptors (Lipinski definition) is 4. The number of fused-ring (bicyclic) bond motifs is 1. The number of hydrogen-bond donors (Lipinski definition) is 1. The van der Waals surface area contributed by atoms with Gasteiger partial charge in [0.2, 0.25) is 5.91 Å². The van der Waals surface area contributed by atoms with E-state index in [0.29, 0.717) is 17.1 Å². The molecule has 1 aliphatic heterocycles. The van der Waals surface area contributed by atoms with Gasteiger partial charge >= 0.3 is 10.2 Å². The first kappa shape index (κ1) is 14.5. The first-order chi connectivity index (χ1) is 10.5. The maximum Gasteiger partial charge on any atom is 0.326 e. The molecular weight excluding hydrogens is 306 g/mol. The number of benzene rings is 1. The molecule has 0 saturated carbocycles. The molecule has 0 spiro atoms. The van der Waals surface area contributed by atoms with E-state index in [4.69, 9.17) is 4.42 Å². The second-order valence-electron chi connectivity index (χ2n) is 4.83. The summed E-state index contributed by atoms with van der Waals surface area (Å²) in [5.41, 5.74) is 1.06. The average Bonchev–Trinajstić information content (AvgIpc) is 3.08. The molecule has 2 heterocycles. The molecular formula is C14H15N3O4S. The van der Waals surface area contributed by atoms with Gasteiger partial charge in [0.15, 0.2) is 0 Å². The molecule has 116 valence electrons. The summed E-state index contributed by atoms with van der Waals surface area (Å²) in [6, 6.07) is 10.3. The molecule has 0 atom stereocenters. The fourth-order valence-corrected chi connectivity index (χ4v) is 3.67. The Morgan fingerprint density at radius 1 is 1.18 bits per heavy atom. The zero-order valence-electron chi connectivity index (χ0n) is 11.9. The highest BCUT2D eigenvalue weighted by atomic mass is 32.2.